The van der Waals surface area contributed by atoms with Crippen LogP contribution in [-0.2, 0) is 4.79 Å². The highest BCUT2D eigenvalue weighted by Gasteiger charge is 2.29. The summed E-state index contributed by atoms with van der Waals surface area (Å²) in [5.74, 6) is 0.561. The third kappa shape index (κ3) is 2.95. The fraction of sp³-hybridized carbons (Fsp3) is 0.462. The highest BCUT2D eigenvalue weighted by Crippen LogP contribution is 2.33. The van der Waals surface area contributed by atoms with Crippen molar-refractivity contribution in [2.24, 2.45) is 11.8 Å². The summed E-state index contributed by atoms with van der Waals surface area (Å²) < 4.78 is 1.81. The maximum Gasteiger partial charge on any atom is 0.227 e. The molecule has 3 nitrogen and oxygen atoms in total. The molecule has 1 aliphatic heterocycles. The van der Waals surface area contributed by atoms with Crippen LogP contribution in [0.1, 0.15) is 12.5 Å². The predicted octanol–water partition coefficient (Wildman–Crippen LogP) is 3.31. The van der Waals surface area contributed by atoms with E-state index < -0.39 is 0 Å². The second-order valence-corrected chi connectivity index (χ2v) is 6.51. The third-order valence-electron chi connectivity index (χ3n) is 3.37. The second-order valence-electron chi connectivity index (χ2n) is 4.80. The van der Waals surface area contributed by atoms with Crippen molar-refractivity contribution in [3.63, 3.8) is 0 Å². The van der Waals surface area contributed by atoms with Gasteiger partial charge in [0.15, 0.2) is 0 Å². The summed E-state index contributed by atoms with van der Waals surface area (Å²) in [6.45, 7) is 5.87. The van der Waals surface area contributed by atoms with Crippen LogP contribution in [0.2, 0.25) is 0 Å². The molecule has 0 spiro atoms. The molecule has 1 fully saturated rings. The first-order valence-electron chi connectivity index (χ1n) is 5.96. The Morgan fingerprint density at radius 2 is 1.94 bits per heavy atom. The molecule has 1 atom stereocenters. The number of nitrogens with one attached hydrogen (secondary N) is 2. The van der Waals surface area contributed by atoms with Gasteiger partial charge in [0.1, 0.15) is 0 Å². The van der Waals surface area contributed by atoms with Gasteiger partial charge >= 0.3 is 0 Å². The van der Waals surface area contributed by atoms with Crippen LogP contribution in [0.25, 0.3) is 0 Å². The highest BCUT2D eigenvalue weighted by atomic mass is 79.9. The number of amides is 1. The van der Waals surface area contributed by atoms with Crippen molar-refractivity contribution in [1.82, 2.24) is 5.32 Å². The average molecular weight is 376 g/mol. The Morgan fingerprint density at radius 3 is 2.39 bits per heavy atom. The number of aryl methyl sites for hydroxylation is 1. The number of halogens is 2. The number of hydrogen-bond acceptors (Lipinski definition) is 2. The first kappa shape index (κ1) is 14.0. The lowest BCUT2D eigenvalue weighted by atomic mass is 9.88. The Bertz CT molecular complexity index is 449. The molecule has 18 heavy (non-hydrogen) atoms. The highest BCUT2D eigenvalue weighted by molar-refractivity contribution is 9.11. The van der Waals surface area contributed by atoms with E-state index in [0.717, 1.165) is 33.3 Å². The zero-order valence-corrected chi connectivity index (χ0v) is 13.6. The molecule has 2 rings (SSSR count). The van der Waals surface area contributed by atoms with Crippen LogP contribution in [0.5, 0.6) is 0 Å². The Balaban J connectivity index is 2.11. The van der Waals surface area contributed by atoms with E-state index in [-0.39, 0.29) is 11.8 Å². The van der Waals surface area contributed by atoms with Crippen molar-refractivity contribution in [1.29, 1.82) is 0 Å². The maximum absolute atomic E-state index is 12.2. The van der Waals surface area contributed by atoms with Crippen molar-refractivity contribution >= 4 is 43.5 Å². The minimum absolute atomic E-state index is 0.0337. The van der Waals surface area contributed by atoms with E-state index in [0.29, 0.717) is 5.92 Å². The maximum atomic E-state index is 12.2. The molecule has 1 amide bonds. The summed E-state index contributed by atoms with van der Waals surface area (Å²) >= 11 is 6.97. The lowest BCUT2D eigenvalue weighted by molar-refractivity contribution is -0.121. The van der Waals surface area contributed by atoms with Crippen molar-refractivity contribution in [2.75, 3.05) is 18.4 Å². The van der Waals surface area contributed by atoms with Gasteiger partial charge in [0.2, 0.25) is 5.91 Å². The summed E-state index contributed by atoms with van der Waals surface area (Å²) in [6, 6.07) is 3.99. The quantitative estimate of drug-likeness (QED) is 0.850. The van der Waals surface area contributed by atoms with Gasteiger partial charge in [-0.05, 0) is 75.5 Å². The predicted molar refractivity (Wildman–Crippen MR) is 80.7 cm³/mol. The van der Waals surface area contributed by atoms with Gasteiger partial charge in [-0.25, -0.2) is 0 Å². The Morgan fingerprint density at radius 1 is 1.39 bits per heavy atom. The Hall–Kier alpha value is -0.390. The Labute approximate surface area is 124 Å². The monoisotopic (exact) mass is 374 g/mol. The van der Waals surface area contributed by atoms with Crippen molar-refractivity contribution in [2.45, 2.75) is 13.8 Å². The average Bonchev–Trinajstić information content (AvgIpc) is 2.20. The molecule has 5 heteroatoms. The molecule has 0 saturated carbocycles. The van der Waals surface area contributed by atoms with E-state index in [9.17, 15) is 4.79 Å². The minimum atomic E-state index is 0.0337. The number of benzene rings is 1. The molecule has 0 aromatic heterocycles. The molecule has 1 heterocycles. The van der Waals surface area contributed by atoms with Gasteiger partial charge in [0.05, 0.1) is 5.69 Å². The van der Waals surface area contributed by atoms with E-state index in [1.165, 1.54) is 0 Å². The van der Waals surface area contributed by atoms with Gasteiger partial charge in [0, 0.05) is 14.9 Å². The molecule has 1 aliphatic rings. The zero-order chi connectivity index (χ0) is 13.3. The minimum Gasteiger partial charge on any atom is -0.324 e. The number of rotatable bonds is 3. The second kappa shape index (κ2) is 5.72. The molecule has 1 unspecified atom stereocenters. The van der Waals surface area contributed by atoms with Crippen molar-refractivity contribution in [3.05, 3.63) is 26.6 Å². The molecule has 98 valence electrons. The number of carbonyl (C=O) groups is 1. The van der Waals surface area contributed by atoms with Gasteiger partial charge in [-0.1, -0.05) is 6.92 Å². The van der Waals surface area contributed by atoms with Gasteiger partial charge in [-0.2, -0.15) is 0 Å². The SMILES string of the molecule is Cc1cc(Br)c(NC(=O)C(C)C2CNC2)c(Br)c1. The normalized spacial score (nSPS) is 17.1. The molecule has 1 aromatic carbocycles. The number of hydrogen-bond donors (Lipinski definition) is 2. The van der Waals surface area contributed by atoms with E-state index >= 15 is 0 Å². The van der Waals surface area contributed by atoms with Gasteiger partial charge in [-0.15, -0.1) is 0 Å². The van der Waals surface area contributed by atoms with Crippen molar-refractivity contribution in [3.8, 4) is 0 Å². The first-order valence-corrected chi connectivity index (χ1v) is 7.55. The molecule has 0 radical (unpaired) electrons. The molecule has 1 saturated heterocycles. The van der Waals surface area contributed by atoms with Crippen LogP contribution in [0.4, 0.5) is 5.69 Å². The lowest BCUT2D eigenvalue weighted by Gasteiger charge is -2.31. The summed E-state index contributed by atoms with van der Waals surface area (Å²) in [7, 11) is 0. The smallest absolute Gasteiger partial charge is 0.227 e. The molecular weight excluding hydrogens is 360 g/mol. The molecular formula is C13H16Br2N2O. The fourth-order valence-corrected chi connectivity index (χ4v) is 3.55. The van der Waals surface area contributed by atoms with Crippen LogP contribution in [0.3, 0.4) is 0 Å². The topological polar surface area (TPSA) is 41.1 Å². The largest absolute Gasteiger partial charge is 0.324 e. The molecule has 1 aromatic rings. The lowest BCUT2D eigenvalue weighted by Crippen LogP contribution is -2.48. The van der Waals surface area contributed by atoms with Crippen LogP contribution in [0.15, 0.2) is 21.1 Å². The standard InChI is InChI=1S/C13H16Br2N2O/c1-7-3-10(14)12(11(15)4-7)17-13(18)8(2)9-5-16-6-9/h3-4,8-9,16H,5-6H2,1-2H3,(H,17,18). The van der Waals surface area contributed by atoms with E-state index in [2.05, 4.69) is 42.5 Å². The fourth-order valence-electron chi connectivity index (χ4n) is 1.93. The van der Waals surface area contributed by atoms with Gasteiger partial charge in [-0.3, -0.25) is 4.79 Å². The zero-order valence-electron chi connectivity index (χ0n) is 10.4. The summed E-state index contributed by atoms with van der Waals surface area (Å²) in [5.41, 5.74) is 1.95. The Kier molecular flexibility index (Phi) is 4.45. The third-order valence-corrected chi connectivity index (χ3v) is 4.62. The van der Waals surface area contributed by atoms with E-state index in [4.69, 9.17) is 0 Å². The summed E-state index contributed by atoms with van der Waals surface area (Å²) in [5, 5.41) is 6.19. The van der Waals surface area contributed by atoms with Crippen molar-refractivity contribution < 1.29 is 4.79 Å². The molecule has 0 aliphatic carbocycles. The van der Waals surface area contributed by atoms with Crippen LogP contribution >= 0.6 is 31.9 Å². The van der Waals surface area contributed by atoms with Gasteiger partial charge in [0.25, 0.3) is 0 Å². The molecule has 0 bridgehead atoms. The summed E-state index contributed by atoms with van der Waals surface area (Å²) in [6.07, 6.45) is 0. The van der Waals surface area contributed by atoms with Crippen LogP contribution in [0, 0.1) is 18.8 Å². The molecule has 2 N–H and O–H groups in total. The summed E-state index contributed by atoms with van der Waals surface area (Å²) in [4.78, 5) is 12.2. The van der Waals surface area contributed by atoms with E-state index in [1.54, 1.807) is 0 Å². The van der Waals surface area contributed by atoms with Crippen LogP contribution in [-0.4, -0.2) is 19.0 Å². The number of carbonyl (C=O) groups excluding carboxylic acids is 1. The number of anilines is 1. The first-order chi connectivity index (χ1) is 8.49. The van der Waals surface area contributed by atoms with Gasteiger partial charge < -0.3 is 10.6 Å². The van der Waals surface area contributed by atoms with E-state index in [1.807, 2.05) is 26.0 Å². The van der Waals surface area contributed by atoms with Crippen LogP contribution < -0.4 is 10.6 Å².